The molecule has 0 spiro atoms. The molecule has 0 aliphatic rings. The molecule has 1 aromatic carbocycles. The highest BCUT2D eigenvalue weighted by atomic mass is 16.6. The van der Waals surface area contributed by atoms with Gasteiger partial charge in [0.2, 0.25) is 0 Å². The molecule has 88 valence electrons. The summed E-state index contributed by atoms with van der Waals surface area (Å²) >= 11 is 0. The average Bonchev–Trinajstić information content (AvgIpc) is 2.78. The Morgan fingerprint density at radius 2 is 2.00 bits per heavy atom. The highest BCUT2D eigenvalue weighted by molar-refractivity contribution is 5.76. The number of nitrogens with two attached hydrogens (primary N) is 1. The van der Waals surface area contributed by atoms with Gasteiger partial charge in [0.05, 0.1) is 11.8 Å². The van der Waals surface area contributed by atoms with E-state index in [1.807, 2.05) is 12.1 Å². The number of benzene rings is 1. The summed E-state index contributed by atoms with van der Waals surface area (Å²) in [7, 11) is 0. The molecule has 1 heterocycles. The summed E-state index contributed by atoms with van der Waals surface area (Å²) in [5.74, 6) is -0.0988. The van der Waals surface area contributed by atoms with Crippen LogP contribution in [0.25, 0.3) is 11.1 Å². The van der Waals surface area contributed by atoms with Gasteiger partial charge >= 0.3 is 5.97 Å². The minimum Gasteiger partial charge on any atom is -0.433 e. The second-order valence-electron chi connectivity index (χ2n) is 3.57. The number of nitrogen functional groups attached to an aromatic ring is 1. The van der Waals surface area contributed by atoms with E-state index in [1.165, 1.54) is 6.26 Å². The van der Waals surface area contributed by atoms with Crippen molar-refractivity contribution in [2.75, 3.05) is 5.73 Å². The number of rotatable bonds is 3. The maximum atomic E-state index is 11.2. The maximum Gasteiger partial charge on any atom is 0.313 e. The number of hydrogen-bond acceptors (Lipinski definition) is 4. The van der Waals surface area contributed by atoms with Crippen molar-refractivity contribution in [1.29, 1.82) is 0 Å². The fraction of sp³-hybridized carbons (Fsp3) is 0.154. The first-order valence-corrected chi connectivity index (χ1v) is 5.34. The molecule has 0 saturated carbocycles. The lowest BCUT2D eigenvalue weighted by Crippen LogP contribution is -2.05. The highest BCUT2D eigenvalue weighted by Crippen LogP contribution is 2.31. The van der Waals surface area contributed by atoms with Gasteiger partial charge in [0.15, 0.2) is 0 Å². The number of furan rings is 1. The Labute approximate surface area is 99.0 Å². The van der Waals surface area contributed by atoms with E-state index >= 15 is 0 Å². The normalized spacial score (nSPS) is 10.2. The Kier molecular flexibility index (Phi) is 3.14. The number of anilines is 1. The van der Waals surface area contributed by atoms with Crippen LogP contribution in [0.4, 0.5) is 5.69 Å². The van der Waals surface area contributed by atoms with E-state index in [-0.39, 0.29) is 11.9 Å². The van der Waals surface area contributed by atoms with Crippen molar-refractivity contribution in [2.45, 2.75) is 13.3 Å². The molecule has 0 aliphatic carbocycles. The molecule has 2 rings (SSSR count). The summed E-state index contributed by atoms with van der Waals surface area (Å²) in [5.41, 5.74) is 7.93. The van der Waals surface area contributed by atoms with Crippen molar-refractivity contribution >= 4 is 11.7 Å². The van der Waals surface area contributed by atoms with Crippen LogP contribution in [0.2, 0.25) is 0 Å². The largest absolute Gasteiger partial charge is 0.433 e. The third kappa shape index (κ3) is 2.47. The number of esters is 1. The van der Waals surface area contributed by atoms with Gasteiger partial charge in [-0.15, -0.1) is 0 Å². The molecule has 2 N–H and O–H groups in total. The second-order valence-corrected chi connectivity index (χ2v) is 3.57. The summed E-state index contributed by atoms with van der Waals surface area (Å²) < 4.78 is 10.2. The topological polar surface area (TPSA) is 65.5 Å². The van der Waals surface area contributed by atoms with Gasteiger partial charge in [-0.2, -0.15) is 0 Å². The first-order valence-electron chi connectivity index (χ1n) is 5.34. The van der Waals surface area contributed by atoms with Gasteiger partial charge < -0.3 is 14.9 Å². The summed E-state index contributed by atoms with van der Waals surface area (Å²) in [6, 6.07) is 9.03. The lowest BCUT2D eigenvalue weighted by molar-refractivity contribution is -0.135. The molecule has 4 heteroatoms. The fourth-order valence-electron chi connectivity index (χ4n) is 1.43. The Balaban J connectivity index is 2.30. The summed E-state index contributed by atoms with van der Waals surface area (Å²) in [5, 5.41) is 0. The molecule has 0 bridgehead atoms. The van der Waals surface area contributed by atoms with Crippen LogP contribution in [0.3, 0.4) is 0 Å². The zero-order valence-corrected chi connectivity index (χ0v) is 9.47. The van der Waals surface area contributed by atoms with Gasteiger partial charge in [-0.1, -0.05) is 19.1 Å². The molecule has 2 aromatic rings. The highest BCUT2D eigenvalue weighted by Gasteiger charge is 2.13. The zero-order chi connectivity index (χ0) is 12.3. The molecule has 0 radical (unpaired) electrons. The summed E-state index contributed by atoms with van der Waals surface area (Å²) in [6.45, 7) is 1.73. The third-order valence-electron chi connectivity index (χ3n) is 2.35. The molecule has 0 atom stereocenters. The third-order valence-corrected chi connectivity index (χ3v) is 2.35. The van der Waals surface area contributed by atoms with Crippen LogP contribution < -0.4 is 10.5 Å². The van der Waals surface area contributed by atoms with Gasteiger partial charge in [0.25, 0.3) is 5.95 Å². The Morgan fingerprint density at radius 1 is 1.29 bits per heavy atom. The van der Waals surface area contributed by atoms with Crippen LogP contribution in [-0.2, 0) is 4.79 Å². The van der Waals surface area contributed by atoms with E-state index in [1.54, 1.807) is 25.1 Å². The van der Waals surface area contributed by atoms with Gasteiger partial charge in [0.1, 0.15) is 0 Å². The molecule has 17 heavy (non-hydrogen) atoms. The van der Waals surface area contributed by atoms with Crippen LogP contribution in [-0.4, -0.2) is 5.97 Å². The number of carbonyl (C=O) groups is 1. The van der Waals surface area contributed by atoms with Crippen molar-refractivity contribution in [1.82, 2.24) is 0 Å². The van der Waals surface area contributed by atoms with Crippen LogP contribution in [0, 0.1) is 0 Å². The van der Waals surface area contributed by atoms with E-state index in [4.69, 9.17) is 14.9 Å². The van der Waals surface area contributed by atoms with E-state index in [2.05, 4.69) is 0 Å². The first-order chi connectivity index (χ1) is 8.20. The summed E-state index contributed by atoms with van der Waals surface area (Å²) in [6.07, 6.45) is 1.80. The molecule has 0 aliphatic heterocycles. The van der Waals surface area contributed by atoms with Crippen molar-refractivity contribution < 1.29 is 13.9 Å². The number of hydrogen-bond donors (Lipinski definition) is 1. The molecular formula is C13H13NO3. The predicted octanol–water partition coefficient (Wildman–Crippen LogP) is 2.84. The molecule has 4 nitrogen and oxygen atoms in total. The van der Waals surface area contributed by atoms with E-state index in [0.29, 0.717) is 12.1 Å². The van der Waals surface area contributed by atoms with Crippen molar-refractivity contribution in [3.63, 3.8) is 0 Å². The van der Waals surface area contributed by atoms with Crippen LogP contribution >= 0.6 is 0 Å². The van der Waals surface area contributed by atoms with E-state index < -0.39 is 0 Å². The smallest absolute Gasteiger partial charge is 0.313 e. The SMILES string of the molecule is CCC(=O)Oc1occc1-c1ccc(N)cc1. The lowest BCUT2D eigenvalue weighted by atomic mass is 10.1. The average molecular weight is 231 g/mol. The summed E-state index contributed by atoms with van der Waals surface area (Å²) in [4.78, 5) is 11.2. The minimum atomic E-state index is -0.323. The molecular weight excluding hydrogens is 218 g/mol. The Bertz CT molecular complexity index is 514. The van der Waals surface area contributed by atoms with E-state index in [0.717, 1.165) is 11.1 Å². The van der Waals surface area contributed by atoms with Crippen LogP contribution in [0.15, 0.2) is 41.0 Å². The molecule has 0 fully saturated rings. The number of ether oxygens (including phenoxy) is 1. The Morgan fingerprint density at radius 3 is 2.65 bits per heavy atom. The maximum absolute atomic E-state index is 11.2. The first kappa shape index (κ1) is 11.3. The monoisotopic (exact) mass is 231 g/mol. The molecule has 0 saturated heterocycles. The van der Waals surface area contributed by atoms with E-state index in [9.17, 15) is 4.79 Å². The van der Waals surface area contributed by atoms with Gasteiger partial charge in [-0.25, -0.2) is 0 Å². The zero-order valence-electron chi connectivity index (χ0n) is 9.47. The van der Waals surface area contributed by atoms with Crippen LogP contribution in [0.5, 0.6) is 5.95 Å². The molecule has 0 amide bonds. The predicted molar refractivity (Wildman–Crippen MR) is 64.5 cm³/mol. The number of carbonyl (C=O) groups excluding carboxylic acids is 1. The molecule has 0 unspecified atom stereocenters. The van der Waals surface area contributed by atoms with Crippen LogP contribution in [0.1, 0.15) is 13.3 Å². The van der Waals surface area contributed by atoms with Crippen molar-refractivity contribution in [3.05, 3.63) is 36.6 Å². The Hall–Kier alpha value is -2.23. The van der Waals surface area contributed by atoms with Crippen molar-refractivity contribution in [3.8, 4) is 17.1 Å². The molecule has 1 aromatic heterocycles. The van der Waals surface area contributed by atoms with Crippen molar-refractivity contribution in [2.24, 2.45) is 0 Å². The van der Waals surface area contributed by atoms with Gasteiger partial charge in [0, 0.05) is 12.1 Å². The lowest BCUT2D eigenvalue weighted by Gasteiger charge is -2.03. The fourth-order valence-corrected chi connectivity index (χ4v) is 1.43. The van der Waals surface area contributed by atoms with Gasteiger partial charge in [-0.3, -0.25) is 4.79 Å². The standard InChI is InChI=1S/C13H13NO3/c1-2-12(15)17-13-11(7-8-16-13)9-3-5-10(14)6-4-9/h3-8H,2,14H2,1H3. The quantitative estimate of drug-likeness (QED) is 0.651. The minimum absolute atomic E-state index is 0.224. The van der Waals surface area contributed by atoms with Gasteiger partial charge in [-0.05, 0) is 23.8 Å². The second kappa shape index (κ2) is 4.74.